The van der Waals surface area contributed by atoms with Crippen molar-refractivity contribution in [3.8, 4) is 0 Å². The number of amidine groups is 1. The monoisotopic (exact) mass is 363 g/mol. The molecule has 0 aromatic carbocycles. The summed E-state index contributed by atoms with van der Waals surface area (Å²) in [5, 5.41) is 3.01. The lowest BCUT2D eigenvalue weighted by Gasteiger charge is -2.08. The minimum Gasteiger partial charge on any atom is -0.461 e. The Morgan fingerprint density at radius 1 is 1.44 bits per heavy atom. The summed E-state index contributed by atoms with van der Waals surface area (Å²) in [7, 11) is 1.51. The Morgan fingerprint density at radius 3 is 2.92 bits per heavy atom. The van der Waals surface area contributed by atoms with Gasteiger partial charge in [0.25, 0.3) is 11.9 Å². The zero-order valence-corrected chi connectivity index (χ0v) is 14.0. The van der Waals surface area contributed by atoms with Crippen LogP contribution in [0.25, 0.3) is 0 Å². The third-order valence-corrected chi connectivity index (χ3v) is 3.87. The summed E-state index contributed by atoms with van der Waals surface area (Å²) in [6, 6.07) is 5.72. The molecule has 3 rings (SSSR count). The summed E-state index contributed by atoms with van der Waals surface area (Å²) < 4.78 is 19.4. The molecule has 0 unspecified atom stereocenters. The van der Waals surface area contributed by atoms with Gasteiger partial charge in [-0.25, -0.2) is 19.4 Å². The van der Waals surface area contributed by atoms with Crippen molar-refractivity contribution in [2.24, 2.45) is 10.7 Å². The van der Waals surface area contributed by atoms with Crippen LogP contribution in [0.2, 0.25) is 5.02 Å². The fraction of sp³-hybridized carbons (Fsp3) is 0.250. The van der Waals surface area contributed by atoms with Crippen molar-refractivity contribution < 1.29 is 13.9 Å². The molecule has 9 heteroatoms. The summed E-state index contributed by atoms with van der Waals surface area (Å²) in [4.78, 5) is 24.0. The van der Waals surface area contributed by atoms with Crippen LogP contribution in [-0.4, -0.2) is 35.0 Å². The van der Waals surface area contributed by atoms with Gasteiger partial charge in [0.15, 0.2) is 0 Å². The van der Waals surface area contributed by atoms with Crippen molar-refractivity contribution in [3.63, 3.8) is 0 Å². The molecule has 2 aromatic heterocycles. The van der Waals surface area contributed by atoms with Crippen LogP contribution in [0.4, 0.5) is 10.2 Å². The summed E-state index contributed by atoms with van der Waals surface area (Å²) in [6.45, 7) is 0. The fourth-order valence-electron chi connectivity index (χ4n) is 2.28. The molecule has 1 saturated carbocycles. The Hall–Kier alpha value is -2.74. The second-order valence-corrected chi connectivity index (χ2v) is 5.88. The largest absolute Gasteiger partial charge is 0.461 e. The highest BCUT2D eigenvalue weighted by molar-refractivity contribution is 6.30. The van der Waals surface area contributed by atoms with E-state index >= 15 is 0 Å². The number of rotatable bonds is 4. The summed E-state index contributed by atoms with van der Waals surface area (Å²) in [5.41, 5.74) is 5.90. The molecule has 0 bridgehead atoms. The van der Waals surface area contributed by atoms with Gasteiger partial charge in [-0.15, -0.1) is 0 Å². The van der Waals surface area contributed by atoms with Crippen molar-refractivity contribution in [1.29, 1.82) is 0 Å². The molecule has 7 nitrogen and oxygen atoms in total. The first-order valence-corrected chi connectivity index (χ1v) is 7.84. The van der Waals surface area contributed by atoms with Gasteiger partial charge in [0.05, 0.1) is 10.7 Å². The maximum atomic E-state index is 14.0. The lowest BCUT2D eigenvalue weighted by molar-refractivity contribution is 0.102. The fourth-order valence-corrected chi connectivity index (χ4v) is 2.39. The van der Waals surface area contributed by atoms with E-state index in [9.17, 15) is 9.18 Å². The number of carbonyl (C=O) groups is 1. The van der Waals surface area contributed by atoms with Gasteiger partial charge in [-0.2, -0.15) is 0 Å². The van der Waals surface area contributed by atoms with Crippen LogP contribution in [0.3, 0.4) is 0 Å². The molecule has 130 valence electrons. The highest BCUT2D eigenvalue weighted by Gasteiger charge is 2.44. The number of anilines is 1. The van der Waals surface area contributed by atoms with Crippen molar-refractivity contribution in [2.75, 3.05) is 12.4 Å². The Bertz CT molecular complexity index is 828. The van der Waals surface area contributed by atoms with Crippen molar-refractivity contribution >= 4 is 29.3 Å². The molecular weight excluding hydrogens is 349 g/mol. The van der Waals surface area contributed by atoms with E-state index in [0.717, 1.165) is 0 Å². The molecular formula is C16H15ClFN5O2. The molecule has 0 aliphatic heterocycles. The maximum Gasteiger partial charge on any atom is 0.281 e. The first-order chi connectivity index (χ1) is 12.0. The molecule has 1 aliphatic carbocycles. The Kier molecular flexibility index (Phi) is 4.80. The number of pyridine rings is 2. The number of carbonyl (C=O) groups excluding carboxylic acids is 1. The predicted molar refractivity (Wildman–Crippen MR) is 91.2 cm³/mol. The van der Waals surface area contributed by atoms with E-state index in [0.29, 0.717) is 11.4 Å². The molecule has 0 spiro atoms. The lowest BCUT2D eigenvalue weighted by Crippen LogP contribution is -2.18. The van der Waals surface area contributed by atoms with Crippen molar-refractivity contribution in [2.45, 2.75) is 18.4 Å². The van der Waals surface area contributed by atoms with Crippen LogP contribution in [0.15, 0.2) is 35.5 Å². The number of ether oxygens (including phenoxy) is 1. The number of nitrogens with zero attached hydrogens (tertiary/aromatic N) is 3. The van der Waals surface area contributed by atoms with Gasteiger partial charge >= 0.3 is 0 Å². The van der Waals surface area contributed by atoms with Gasteiger partial charge in [0.1, 0.15) is 23.4 Å². The smallest absolute Gasteiger partial charge is 0.281 e. The summed E-state index contributed by atoms with van der Waals surface area (Å²) in [5.74, 6) is -0.940. The van der Waals surface area contributed by atoms with Crippen LogP contribution in [-0.2, 0) is 4.74 Å². The van der Waals surface area contributed by atoms with Gasteiger partial charge in [0, 0.05) is 19.2 Å². The van der Waals surface area contributed by atoms with Gasteiger partial charge in [-0.1, -0.05) is 11.6 Å². The highest BCUT2D eigenvalue weighted by Crippen LogP contribution is 2.43. The van der Waals surface area contributed by atoms with Crippen molar-refractivity contribution in [3.05, 3.63) is 52.7 Å². The highest BCUT2D eigenvalue weighted by atomic mass is 35.5. The van der Waals surface area contributed by atoms with E-state index in [-0.39, 0.29) is 35.2 Å². The summed E-state index contributed by atoms with van der Waals surface area (Å²) >= 11 is 5.74. The molecule has 0 saturated heterocycles. The Balaban J connectivity index is 1.72. The molecule has 25 heavy (non-hydrogen) atoms. The number of nitrogens with two attached hydrogens (primary N) is 1. The van der Waals surface area contributed by atoms with E-state index < -0.39 is 11.7 Å². The zero-order valence-electron chi connectivity index (χ0n) is 13.2. The lowest BCUT2D eigenvalue weighted by atomic mass is 10.2. The van der Waals surface area contributed by atoms with Crippen LogP contribution in [0.1, 0.15) is 28.5 Å². The van der Waals surface area contributed by atoms with Crippen LogP contribution >= 0.6 is 11.6 Å². The van der Waals surface area contributed by atoms with Crippen LogP contribution < -0.4 is 11.1 Å². The van der Waals surface area contributed by atoms with E-state index in [2.05, 4.69) is 20.3 Å². The van der Waals surface area contributed by atoms with E-state index in [1.807, 2.05) is 0 Å². The topological polar surface area (TPSA) is 102 Å². The average molecular weight is 364 g/mol. The quantitative estimate of drug-likeness (QED) is 0.641. The zero-order chi connectivity index (χ0) is 18.0. The number of hydrogen-bond acceptors (Lipinski definition) is 5. The first-order valence-electron chi connectivity index (χ1n) is 7.46. The number of aliphatic imine (C=N–C) groups is 1. The Labute approximate surface area is 148 Å². The summed E-state index contributed by atoms with van der Waals surface area (Å²) in [6.07, 6.45) is 1.68. The molecule has 2 aromatic rings. The number of amides is 1. The average Bonchev–Trinajstić information content (AvgIpc) is 3.35. The molecule has 2 atom stereocenters. The number of halogens is 2. The molecule has 0 radical (unpaired) electrons. The SMILES string of the molecule is CN=C(N)O[C@@H]1C[C@@H]1c1nc(NC(=O)c2ccc(Cl)cn2)ccc1F. The van der Waals surface area contributed by atoms with Gasteiger partial charge < -0.3 is 15.8 Å². The number of nitrogens with one attached hydrogen (secondary N) is 1. The number of aromatic nitrogens is 2. The molecule has 3 N–H and O–H groups in total. The van der Waals surface area contributed by atoms with E-state index in [1.165, 1.54) is 31.4 Å². The minimum atomic E-state index is -0.467. The van der Waals surface area contributed by atoms with Crippen molar-refractivity contribution in [1.82, 2.24) is 9.97 Å². The van der Waals surface area contributed by atoms with Gasteiger partial charge in [-0.3, -0.25) is 4.79 Å². The Morgan fingerprint density at radius 2 is 2.24 bits per heavy atom. The van der Waals surface area contributed by atoms with Gasteiger partial charge in [-0.05, 0) is 30.7 Å². The van der Waals surface area contributed by atoms with Gasteiger partial charge in [0.2, 0.25) is 0 Å². The van der Waals surface area contributed by atoms with Crippen LogP contribution in [0.5, 0.6) is 0 Å². The molecule has 2 heterocycles. The van der Waals surface area contributed by atoms with E-state index in [4.69, 9.17) is 22.1 Å². The maximum absolute atomic E-state index is 14.0. The second kappa shape index (κ2) is 7.02. The third-order valence-electron chi connectivity index (χ3n) is 3.65. The standard InChI is InChI=1S/C16H15ClFN5O2/c1-20-16(19)25-12-6-9(12)14-10(18)3-5-13(22-14)23-15(24)11-4-2-8(17)7-21-11/h2-5,7,9,12H,6H2,1H3,(H2,19,20)(H,22,23,24)/t9-,12+/m0/s1. The predicted octanol–water partition coefficient (Wildman–Crippen LogP) is 2.34. The second-order valence-electron chi connectivity index (χ2n) is 5.44. The molecule has 1 aliphatic rings. The molecule has 1 amide bonds. The van der Waals surface area contributed by atoms with Crippen LogP contribution in [0, 0.1) is 5.82 Å². The first kappa shape index (κ1) is 17.1. The minimum absolute atomic E-state index is 0.0474. The molecule has 1 fully saturated rings. The number of hydrogen-bond donors (Lipinski definition) is 2. The van der Waals surface area contributed by atoms with E-state index in [1.54, 1.807) is 6.07 Å². The normalized spacial score (nSPS) is 19.4. The third kappa shape index (κ3) is 4.03.